The third kappa shape index (κ3) is 8.72. The second-order valence-corrected chi connectivity index (χ2v) is 8.05. The van der Waals surface area contributed by atoms with Crippen molar-refractivity contribution < 1.29 is 9.53 Å². The van der Waals surface area contributed by atoms with Crippen LogP contribution in [0.3, 0.4) is 0 Å². The number of halogens is 3. The molecule has 1 fully saturated rings. The number of thiol groups is 1. The Labute approximate surface area is 207 Å². The highest BCUT2D eigenvalue weighted by Gasteiger charge is 2.18. The van der Waals surface area contributed by atoms with Gasteiger partial charge in [0.25, 0.3) is 5.24 Å². The third-order valence-electron chi connectivity index (χ3n) is 5.24. The number of hydrogen-bond acceptors (Lipinski definition) is 4. The van der Waals surface area contributed by atoms with Crippen LogP contribution >= 0.6 is 49.0 Å². The van der Waals surface area contributed by atoms with Gasteiger partial charge < -0.3 is 14.5 Å². The molecule has 1 saturated heterocycles. The van der Waals surface area contributed by atoms with Crippen molar-refractivity contribution in [3.05, 3.63) is 59.1 Å². The van der Waals surface area contributed by atoms with Crippen LogP contribution in [0, 0.1) is 0 Å². The van der Waals surface area contributed by atoms with Gasteiger partial charge in [0.05, 0.1) is 7.11 Å². The Morgan fingerprint density at radius 3 is 2.32 bits per heavy atom. The van der Waals surface area contributed by atoms with Crippen molar-refractivity contribution in [3.8, 4) is 5.75 Å². The van der Waals surface area contributed by atoms with Gasteiger partial charge in [0, 0.05) is 56.0 Å². The van der Waals surface area contributed by atoms with Crippen LogP contribution in [0.5, 0.6) is 5.75 Å². The minimum absolute atomic E-state index is 0. The van der Waals surface area contributed by atoms with Crippen molar-refractivity contribution in [3.63, 3.8) is 0 Å². The van der Waals surface area contributed by atoms with Crippen LogP contribution in [0.1, 0.15) is 12.0 Å². The lowest BCUT2D eigenvalue weighted by atomic mass is 10.2. The zero-order valence-corrected chi connectivity index (χ0v) is 20.9. The number of methoxy groups -OCH3 is 1. The van der Waals surface area contributed by atoms with E-state index in [0.717, 1.165) is 62.1 Å². The molecule has 0 aliphatic carbocycles. The first kappa shape index (κ1) is 27.9. The minimum atomic E-state index is -0.244. The molecule has 0 radical (unpaired) electrons. The Morgan fingerprint density at radius 2 is 1.71 bits per heavy atom. The molecule has 31 heavy (non-hydrogen) atoms. The minimum Gasteiger partial charge on any atom is -0.497 e. The topological polar surface area (TPSA) is 36.0 Å². The number of rotatable bonds is 8. The SMILES string of the molecule is COc1cccc(N(CCCN2CCN(Cc3ccc(Cl)cc3)CC2)C(=O)S)c1.Cl.Cl. The van der Waals surface area contributed by atoms with Gasteiger partial charge in [-0.15, -0.1) is 24.8 Å². The van der Waals surface area contributed by atoms with E-state index in [2.05, 4.69) is 34.6 Å². The number of amides is 1. The van der Waals surface area contributed by atoms with Gasteiger partial charge in [-0.3, -0.25) is 9.69 Å². The van der Waals surface area contributed by atoms with Gasteiger partial charge in [0.15, 0.2) is 0 Å². The van der Waals surface area contributed by atoms with Gasteiger partial charge in [0.1, 0.15) is 5.75 Å². The quantitative estimate of drug-likeness (QED) is 0.496. The van der Waals surface area contributed by atoms with Crippen LogP contribution in [0.4, 0.5) is 10.5 Å². The maximum absolute atomic E-state index is 12.0. The summed E-state index contributed by atoms with van der Waals surface area (Å²) in [7, 11) is 1.62. The van der Waals surface area contributed by atoms with Gasteiger partial charge in [0.2, 0.25) is 0 Å². The summed E-state index contributed by atoms with van der Waals surface area (Å²) in [5.74, 6) is 0.735. The molecule has 3 rings (SSSR count). The van der Waals surface area contributed by atoms with Crippen LogP contribution < -0.4 is 9.64 Å². The Hall–Kier alpha value is -1.15. The summed E-state index contributed by atoms with van der Waals surface area (Å²) in [5, 5.41) is 0.535. The van der Waals surface area contributed by atoms with Crippen LogP contribution in [-0.4, -0.2) is 61.4 Å². The molecule has 1 aliphatic rings. The highest BCUT2D eigenvalue weighted by molar-refractivity contribution is 7.96. The number of ether oxygens (including phenoxy) is 1. The van der Waals surface area contributed by atoms with Crippen LogP contribution in [-0.2, 0) is 6.54 Å². The number of benzene rings is 2. The van der Waals surface area contributed by atoms with Gasteiger partial charge >= 0.3 is 0 Å². The first-order valence-corrected chi connectivity index (χ1v) is 10.7. The number of anilines is 1. The molecule has 5 nitrogen and oxygen atoms in total. The number of piperazine rings is 1. The molecule has 1 amide bonds. The number of nitrogens with zero attached hydrogens (tertiary/aromatic N) is 3. The molecule has 2 aromatic carbocycles. The van der Waals surface area contributed by atoms with E-state index in [1.54, 1.807) is 12.0 Å². The Kier molecular flexibility index (Phi) is 12.7. The molecule has 0 spiro atoms. The van der Waals surface area contributed by atoms with E-state index < -0.39 is 0 Å². The molecular formula is C22H30Cl3N3O2S. The largest absolute Gasteiger partial charge is 0.497 e. The Bertz CT molecular complexity index is 803. The molecule has 0 atom stereocenters. The molecule has 0 bridgehead atoms. The summed E-state index contributed by atoms with van der Waals surface area (Å²) in [6, 6.07) is 15.6. The van der Waals surface area contributed by atoms with Gasteiger partial charge in [-0.25, -0.2) is 0 Å². The van der Waals surface area contributed by atoms with Crippen molar-refractivity contribution in [2.24, 2.45) is 0 Å². The summed E-state index contributed by atoms with van der Waals surface area (Å²) in [6.45, 7) is 6.75. The summed E-state index contributed by atoms with van der Waals surface area (Å²) in [6.07, 6.45) is 0.903. The van der Waals surface area contributed by atoms with E-state index in [-0.39, 0.29) is 30.1 Å². The second-order valence-electron chi connectivity index (χ2n) is 7.23. The van der Waals surface area contributed by atoms with Crippen molar-refractivity contribution >= 4 is 60.0 Å². The van der Waals surface area contributed by atoms with E-state index in [1.165, 1.54) is 5.56 Å². The summed E-state index contributed by atoms with van der Waals surface area (Å²) in [5.41, 5.74) is 2.11. The lowest BCUT2D eigenvalue weighted by Crippen LogP contribution is -2.46. The highest BCUT2D eigenvalue weighted by Crippen LogP contribution is 2.22. The lowest BCUT2D eigenvalue weighted by Gasteiger charge is -2.35. The zero-order chi connectivity index (χ0) is 20.6. The standard InChI is InChI=1S/C22H28ClN3O2S.2ClH/c1-28-21-5-2-4-20(16-21)26(22(27)29)11-3-10-24-12-14-25(15-13-24)17-18-6-8-19(23)9-7-18;;/h2,4-9,16H,3,10-15,17H2,1H3,(H,27,29);2*1H. The Morgan fingerprint density at radius 1 is 1.06 bits per heavy atom. The average molecular weight is 507 g/mol. The van der Waals surface area contributed by atoms with Gasteiger partial charge in [-0.05, 0) is 42.8 Å². The molecular weight excluding hydrogens is 477 g/mol. The first-order chi connectivity index (χ1) is 14.0. The second kappa shape index (κ2) is 14.1. The average Bonchev–Trinajstić information content (AvgIpc) is 2.74. The van der Waals surface area contributed by atoms with Crippen molar-refractivity contribution in [2.45, 2.75) is 13.0 Å². The van der Waals surface area contributed by atoms with Crippen LogP contribution in [0.15, 0.2) is 48.5 Å². The number of carbonyl (C=O) groups excluding carboxylic acids is 1. The first-order valence-electron chi connectivity index (χ1n) is 9.89. The van der Waals surface area contributed by atoms with Crippen LogP contribution in [0.2, 0.25) is 5.02 Å². The van der Waals surface area contributed by atoms with E-state index >= 15 is 0 Å². The molecule has 0 aromatic heterocycles. The van der Waals surface area contributed by atoms with Crippen molar-refractivity contribution in [1.29, 1.82) is 0 Å². The zero-order valence-electron chi connectivity index (χ0n) is 17.6. The molecule has 0 saturated carbocycles. The number of carbonyl (C=O) groups is 1. The maximum atomic E-state index is 12.0. The van der Waals surface area contributed by atoms with Crippen molar-refractivity contribution in [1.82, 2.24) is 9.80 Å². The van der Waals surface area contributed by atoms with E-state index in [9.17, 15) is 4.79 Å². The summed E-state index contributed by atoms with van der Waals surface area (Å²) >= 11 is 10.0. The van der Waals surface area contributed by atoms with E-state index in [0.29, 0.717) is 6.54 Å². The summed E-state index contributed by atoms with van der Waals surface area (Å²) in [4.78, 5) is 18.6. The monoisotopic (exact) mass is 505 g/mol. The fourth-order valence-electron chi connectivity index (χ4n) is 3.59. The molecule has 1 heterocycles. The molecule has 1 aliphatic heterocycles. The predicted molar refractivity (Wildman–Crippen MR) is 137 cm³/mol. The normalized spacial score (nSPS) is 14.3. The van der Waals surface area contributed by atoms with E-state index in [4.69, 9.17) is 16.3 Å². The predicted octanol–water partition coefficient (Wildman–Crippen LogP) is 5.26. The fraction of sp³-hybridized carbons (Fsp3) is 0.409. The van der Waals surface area contributed by atoms with Gasteiger partial charge in [-0.1, -0.05) is 42.4 Å². The molecule has 2 aromatic rings. The summed E-state index contributed by atoms with van der Waals surface area (Å²) < 4.78 is 5.26. The molecule has 172 valence electrons. The molecule has 0 unspecified atom stereocenters. The lowest BCUT2D eigenvalue weighted by molar-refractivity contribution is 0.126. The smallest absolute Gasteiger partial charge is 0.282 e. The number of hydrogen-bond donors (Lipinski definition) is 1. The molecule has 9 heteroatoms. The Balaban J connectivity index is 0.00000240. The van der Waals surface area contributed by atoms with Crippen molar-refractivity contribution in [2.75, 3.05) is 51.3 Å². The fourth-order valence-corrected chi connectivity index (χ4v) is 3.93. The molecule has 0 N–H and O–H groups in total. The highest BCUT2D eigenvalue weighted by atomic mass is 35.5. The van der Waals surface area contributed by atoms with E-state index in [1.807, 2.05) is 36.4 Å². The third-order valence-corrected chi connectivity index (χ3v) is 5.73. The van der Waals surface area contributed by atoms with Gasteiger partial charge in [-0.2, -0.15) is 0 Å². The van der Waals surface area contributed by atoms with Crippen LogP contribution in [0.25, 0.3) is 0 Å². The maximum Gasteiger partial charge on any atom is 0.282 e.